The molecule has 1 fully saturated rings. The first-order chi connectivity index (χ1) is 11.9. The van der Waals surface area contributed by atoms with E-state index in [1.54, 1.807) is 6.92 Å². The number of esters is 2. The number of likely N-dealkylation sites (tertiary alicyclic amines) is 1. The molecular weight excluding hydrogens is 350 g/mol. The number of benzene rings is 1. The van der Waals surface area contributed by atoms with Gasteiger partial charge in [0.2, 0.25) is 0 Å². The number of rotatable bonds is 5. The molecule has 0 aliphatic carbocycles. The highest BCUT2D eigenvalue weighted by atomic mass is 35.5. The number of nitrogens with zero attached hydrogens (tertiary/aromatic N) is 1. The molecule has 1 amide bonds. The topological polar surface area (TPSA) is 93.1 Å². The lowest BCUT2D eigenvalue weighted by atomic mass is 9.98. The van der Waals surface area contributed by atoms with Crippen molar-refractivity contribution in [3.63, 3.8) is 0 Å². The molecule has 0 saturated carbocycles. The van der Waals surface area contributed by atoms with Crippen molar-refractivity contribution in [2.45, 2.75) is 19.8 Å². The van der Waals surface area contributed by atoms with Crippen LogP contribution in [0.15, 0.2) is 18.2 Å². The number of aromatic hydroxyl groups is 1. The molecule has 8 heteroatoms. The van der Waals surface area contributed by atoms with Crippen LogP contribution in [0.5, 0.6) is 5.75 Å². The van der Waals surface area contributed by atoms with Gasteiger partial charge in [-0.3, -0.25) is 9.59 Å². The Hall–Kier alpha value is -2.28. The zero-order valence-corrected chi connectivity index (χ0v) is 14.6. The molecule has 1 aromatic carbocycles. The Morgan fingerprint density at radius 1 is 1.32 bits per heavy atom. The number of ether oxygens (including phenoxy) is 2. The van der Waals surface area contributed by atoms with Gasteiger partial charge in [-0.05, 0) is 38.0 Å². The van der Waals surface area contributed by atoms with Gasteiger partial charge in [0.1, 0.15) is 11.3 Å². The van der Waals surface area contributed by atoms with Crippen LogP contribution in [0.25, 0.3) is 0 Å². The van der Waals surface area contributed by atoms with Gasteiger partial charge in [-0.2, -0.15) is 0 Å². The summed E-state index contributed by atoms with van der Waals surface area (Å²) in [5.74, 6) is -2.20. The third-order valence-corrected chi connectivity index (χ3v) is 4.14. The van der Waals surface area contributed by atoms with Gasteiger partial charge in [-0.15, -0.1) is 0 Å². The number of carbonyl (C=O) groups is 3. The summed E-state index contributed by atoms with van der Waals surface area (Å²) < 4.78 is 9.95. The van der Waals surface area contributed by atoms with Crippen molar-refractivity contribution in [3.05, 3.63) is 28.8 Å². The largest absolute Gasteiger partial charge is 0.507 e. The fourth-order valence-electron chi connectivity index (χ4n) is 2.63. The summed E-state index contributed by atoms with van der Waals surface area (Å²) >= 11 is 5.70. The zero-order chi connectivity index (χ0) is 18.4. The van der Waals surface area contributed by atoms with E-state index < -0.39 is 18.5 Å². The minimum Gasteiger partial charge on any atom is -0.507 e. The average Bonchev–Trinajstić information content (AvgIpc) is 2.59. The molecule has 1 heterocycles. The number of hydrogen-bond donors (Lipinski definition) is 1. The van der Waals surface area contributed by atoms with Gasteiger partial charge in [0, 0.05) is 18.1 Å². The summed E-state index contributed by atoms with van der Waals surface area (Å²) in [4.78, 5) is 37.4. The number of phenols is 1. The van der Waals surface area contributed by atoms with Crippen molar-refractivity contribution in [2.24, 2.45) is 5.92 Å². The number of amides is 1. The van der Waals surface area contributed by atoms with Crippen molar-refractivity contribution in [1.82, 2.24) is 4.90 Å². The lowest BCUT2D eigenvalue weighted by Gasteiger charge is -2.31. The maximum absolute atomic E-state index is 12.2. The highest BCUT2D eigenvalue weighted by molar-refractivity contribution is 6.30. The summed E-state index contributed by atoms with van der Waals surface area (Å²) in [6.07, 6.45) is 1.35. The molecule has 1 aromatic rings. The van der Waals surface area contributed by atoms with Crippen molar-refractivity contribution in [2.75, 3.05) is 26.3 Å². The third kappa shape index (κ3) is 5.09. The summed E-state index contributed by atoms with van der Waals surface area (Å²) in [6, 6.07) is 3.98. The first-order valence-corrected chi connectivity index (χ1v) is 8.40. The van der Waals surface area contributed by atoms with Crippen molar-refractivity contribution in [1.29, 1.82) is 0 Å². The molecule has 136 valence electrons. The smallest absolute Gasteiger partial charge is 0.342 e. The van der Waals surface area contributed by atoms with Crippen LogP contribution in [0, 0.1) is 5.92 Å². The highest BCUT2D eigenvalue weighted by Gasteiger charge is 2.29. The molecule has 1 aliphatic rings. The van der Waals surface area contributed by atoms with Gasteiger partial charge in [-0.1, -0.05) is 11.6 Å². The first-order valence-electron chi connectivity index (χ1n) is 8.02. The van der Waals surface area contributed by atoms with Crippen LogP contribution in [-0.2, 0) is 19.1 Å². The SMILES string of the molecule is CCOC(=O)C1CCCN(C(=O)COC(=O)c2ccc(Cl)cc2O)C1. The van der Waals surface area contributed by atoms with E-state index in [0.29, 0.717) is 26.0 Å². The zero-order valence-electron chi connectivity index (χ0n) is 13.9. The molecule has 1 unspecified atom stereocenters. The second-order valence-corrected chi connectivity index (χ2v) is 6.10. The Balaban J connectivity index is 1.89. The van der Waals surface area contributed by atoms with Crippen LogP contribution in [0.4, 0.5) is 0 Å². The molecular formula is C17H20ClNO6. The van der Waals surface area contributed by atoms with E-state index in [2.05, 4.69) is 0 Å². The van der Waals surface area contributed by atoms with Gasteiger partial charge in [-0.25, -0.2) is 4.79 Å². The predicted octanol–water partition coefficient (Wildman–Crippen LogP) is 2.00. The van der Waals surface area contributed by atoms with E-state index in [9.17, 15) is 19.5 Å². The van der Waals surface area contributed by atoms with Crippen molar-refractivity contribution >= 4 is 29.4 Å². The van der Waals surface area contributed by atoms with Crippen molar-refractivity contribution < 1.29 is 29.0 Å². The van der Waals surface area contributed by atoms with Gasteiger partial charge in [0.25, 0.3) is 5.91 Å². The standard InChI is InChI=1S/C17H20ClNO6/c1-2-24-16(22)11-4-3-7-19(9-11)15(21)10-25-17(23)13-6-5-12(18)8-14(13)20/h5-6,8,11,20H,2-4,7,9-10H2,1H3. The summed E-state index contributed by atoms with van der Waals surface area (Å²) in [5.41, 5.74) is -0.0692. The number of carbonyl (C=O) groups excluding carboxylic acids is 3. The van der Waals surface area contributed by atoms with Gasteiger partial charge in [0.15, 0.2) is 6.61 Å². The van der Waals surface area contributed by atoms with E-state index in [-0.39, 0.29) is 34.8 Å². The quantitative estimate of drug-likeness (QED) is 0.798. The number of halogens is 1. The Kier molecular flexibility index (Phi) is 6.64. The predicted molar refractivity (Wildman–Crippen MR) is 89.3 cm³/mol. The molecule has 1 aliphatic heterocycles. The van der Waals surface area contributed by atoms with E-state index in [4.69, 9.17) is 21.1 Å². The maximum Gasteiger partial charge on any atom is 0.342 e. The van der Waals surface area contributed by atoms with E-state index in [1.165, 1.54) is 23.1 Å². The Bertz CT molecular complexity index is 663. The highest BCUT2D eigenvalue weighted by Crippen LogP contribution is 2.23. The van der Waals surface area contributed by atoms with E-state index >= 15 is 0 Å². The molecule has 7 nitrogen and oxygen atoms in total. The van der Waals surface area contributed by atoms with Gasteiger partial charge < -0.3 is 19.5 Å². The van der Waals surface area contributed by atoms with Crippen molar-refractivity contribution in [3.8, 4) is 5.75 Å². The normalized spacial score (nSPS) is 17.0. The van der Waals surface area contributed by atoms with Crippen LogP contribution < -0.4 is 0 Å². The lowest BCUT2D eigenvalue weighted by Crippen LogP contribution is -2.44. The Morgan fingerprint density at radius 3 is 2.76 bits per heavy atom. The van der Waals surface area contributed by atoms with Crippen LogP contribution in [0.2, 0.25) is 5.02 Å². The van der Waals surface area contributed by atoms with E-state index in [0.717, 1.165) is 0 Å². The number of phenolic OH excluding ortho intramolecular Hbond substituents is 1. The van der Waals surface area contributed by atoms with Crippen LogP contribution in [-0.4, -0.2) is 54.2 Å². The molecule has 0 aromatic heterocycles. The summed E-state index contributed by atoms with van der Waals surface area (Å²) in [5, 5.41) is 9.97. The molecule has 0 bridgehead atoms. The van der Waals surface area contributed by atoms with Crippen LogP contribution in [0.3, 0.4) is 0 Å². The Labute approximate surface area is 150 Å². The van der Waals surface area contributed by atoms with Crippen LogP contribution >= 0.6 is 11.6 Å². The summed E-state index contributed by atoms with van der Waals surface area (Å²) in [6.45, 7) is 2.32. The summed E-state index contributed by atoms with van der Waals surface area (Å²) in [7, 11) is 0. The lowest BCUT2D eigenvalue weighted by molar-refractivity contribution is -0.151. The average molecular weight is 370 g/mol. The fraction of sp³-hybridized carbons (Fsp3) is 0.471. The van der Waals surface area contributed by atoms with Crippen LogP contribution in [0.1, 0.15) is 30.1 Å². The number of hydrogen-bond acceptors (Lipinski definition) is 6. The first kappa shape index (κ1) is 19.1. The van der Waals surface area contributed by atoms with Gasteiger partial charge >= 0.3 is 11.9 Å². The minimum absolute atomic E-state index is 0.0692. The van der Waals surface area contributed by atoms with Gasteiger partial charge in [0.05, 0.1) is 12.5 Å². The third-order valence-electron chi connectivity index (χ3n) is 3.90. The maximum atomic E-state index is 12.2. The van der Waals surface area contributed by atoms with E-state index in [1.807, 2.05) is 0 Å². The second-order valence-electron chi connectivity index (χ2n) is 5.67. The monoisotopic (exact) mass is 369 g/mol. The molecule has 0 radical (unpaired) electrons. The molecule has 1 saturated heterocycles. The molecule has 25 heavy (non-hydrogen) atoms. The molecule has 1 N–H and O–H groups in total. The second kappa shape index (κ2) is 8.71. The Morgan fingerprint density at radius 2 is 2.08 bits per heavy atom. The fourth-order valence-corrected chi connectivity index (χ4v) is 2.80. The molecule has 0 spiro atoms. The molecule has 2 rings (SSSR count). The molecule has 1 atom stereocenters. The number of piperidine rings is 1. The minimum atomic E-state index is -0.818.